The molecule has 0 spiro atoms. The Morgan fingerprint density at radius 1 is 1.20 bits per heavy atom. The minimum atomic E-state index is 0.202. The normalized spacial score (nSPS) is 22.0. The van der Waals surface area contributed by atoms with Crippen molar-refractivity contribution in [2.75, 3.05) is 25.9 Å². The lowest BCUT2D eigenvalue weighted by Gasteiger charge is -2.32. The summed E-state index contributed by atoms with van der Waals surface area (Å²) < 4.78 is 0. The summed E-state index contributed by atoms with van der Waals surface area (Å²) >= 11 is 1.83. The van der Waals surface area contributed by atoms with Crippen LogP contribution in [-0.4, -0.2) is 36.7 Å². The van der Waals surface area contributed by atoms with E-state index in [0.717, 1.165) is 45.4 Å². The van der Waals surface area contributed by atoms with Crippen LogP contribution in [0.15, 0.2) is 41.3 Å². The van der Waals surface area contributed by atoms with E-state index < -0.39 is 0 Å². The number of carbonyl (C=O) groups excluding carboxylic acids is 1. The second kappa shape index (κ2) is 9.44. The molecule has 3 nitrogen and oxygen atoms in total. The van der Waals surface area contributed by atoms with Crippen molar-refractivity contribution in [3.63, 3.8) is 0 Å². The highest BCUT2D eigenvalue weighted by molar-refractivity contribution is 7.98. The summed E-state index contributed by atoms with van der Waals surface area (Å²) in [5, 5.41) is 3.21. The maximum atomic E-state index is 12.3. The molecule has 4 heteroatoms. The topological polar surface area (TPSA) is 32.3 Å². The molecule has 1 aromatic carbocycles. The van der Waals surface area contributed by atoms with Gasteiger partial charge in [-0.1, -0.05) is 30.4 Å². The Bertz CT molecular complexity index is 593. The molecule has 0 bridgehead atoms. The number of likely N-dealkylation sites (tertiary alicyclic amines) is 1. The highest BCUT2D eigenvalue weighted by Crippen LogP contribution is 2.24. The highest BCUT2D eigenvalue weighted by Gasteiger charge is 2.23. The Hall–Kier alpha value is -1.26. The van der Waals surface area contributed by atoms with E-state index in [9.17, 15) is 4.79 Å². The minimum Gasteiger partial charge on any atom is -0.356 e. The summed E-state index contributed by atoms with van der Waals surface area (Å²) in [7, 11) is 0. The molecule has 1 unspecified atom stereocenters. The van der Waals surface area contributed by atoms with E-state index in [1.54, 1.807) is 0 Å². The van der Waals surface area contributed by atoms with Crippen LogP contribution in [0.25, 0.3) is 0 Å². The second-order valence-corrected chi connectivity index (χ2v) is 8.11. The summed E-state index contributed by atoms with van der Waals surface area (Å²) in [6, 6.07) is 8.71. The van der Waals surface area contributed by atoms with Crippen LogP contribution in [0.2, 0.25) is 0 Å². The first-order chi connectivity index (χ1) is 12.3. The van der Waals surface area contributed by atoms with Gasteiger partial charge >= 0.3 is 0 Å². The standard InChI is InChI=1S/C21H30N2OS/c1-25-20-10-6-5-9-19(20)16-23-13-11-17(12-14-23)15-22-21(24)18-7-3-2-4-8-18/h2-3,5-6,9-10,17-18H,4,7-8,11-16H2,1H3,(H,22,24). The summed E-state index contributed by atoms with van der Waals surface area (Å²) in [6.07, 6.45) is 11.8. The minimum absolute atomic E-state index is 0.202. The van der Waals surface area contributed by atoms with E-state index in [2.05, 4.69) is 52.9 Å². The van der Waals surface area contributed by atoms with Crippen molar-refractivity contribution in [1.29, 1.82) is 0 Å². The maximum Gasteiger partial charge on any atom is 0.223 e. The fourth-order valence-electron chi connectivity index (χ4n) is 3.84. The highest BCUT2D eigenvalue weighted by atomic mass is 32.2. The fraction of sp³-hybridized carbons (Fsp3) is 0.571. The van der Waals surface area contributed by atoms with Gasteiger partial charge in [-0.15, -0.1) is 11.8 Å². The molecule has 25 heavy (non-hydrogen) atoms. The van der Waals surface area contributed by atoms with Crippen LogP contribution in [0.5, 0.6) is 0 Å². The summed E-state index contributed by atoms with van der Waals surface area (Å²) in [5.41, 5.74) is 1.44. The van der Waals surface area contributed by atoms with Crippen molar-refractivity contribution in [1.82, 2.24) is 10.2 Å². The van der Waals surface area contributed by atoms with Gasteiger partial charge in [0.2, 0.25) is 5.91 Å². The van der Waals surface area contributed by atoms with Crippen molar-refractivity contribution >= 4 is 17.7 Å². The van der Waals surface area contributed by atoms with E-state index in [-0.39, 0.29) is 11.8 Å². The van der Waals surface area contributed by atoms with Crippen molar-refractivity contribution in [3.05, 3.63) is 42.0 Å². The van der Waals surface area contributed by atoms with Gasteiger partial charge in [0.15, 0.2) is 0 Å². The van der Waals surface area contributed by atoms with Crippen molar-refractivity contribution in [2.45, 2.75) is 43.5 Å². The predicted molar refractivity (Wildman–Crippen MR) is 106 cm³/mol. The van der Waals surface area contributed by atoms with Gasteiger partial charge in [0.1, 0.15) is 0 Å². The van der Waals surface area contributed by atoms with Gasteiger partial charge in [-0.2, -0.15) is 0 Å². The van der Waals surface area contributed by atoms with Crippen molar-refractivity contribution < 1.29 is 4.79 Å². The number of nitrogens with zero attached hydrogens (tertiary/aromatic N) is 1. The number of benzene rings is 1. The first-order valence-electron chi connectivity index (χ1n) is 9.53. The van der Waals surface area contributed by atoms with Gasteiger partial charge in [-0.05, 0) is 69.0 Å². The van der Waals surface area contributed by atoms with E-state index in [1.165, 1.54) is 23.3 Å². The molecule has 0 saturated carbocycles. The number of piperidine rings is 1. The van der Waals surface area contributed by atoms with Gasteiger partial charge in [0.25, 0.3) is 0 Å². The molecule has 1 amide bonds. The molecular weight excluding hydrogens is 328 g/mol. The Kier molecular flexibility index (Phi) is 7.00. The van der Waals surface area contributed by atoms with Crippen LogP contribution < -0.4 is 5.32 Å². The molecule has 1 heterocycles. The number of amides is 1. The molecule has 2 aliphatic rings. The molecule has 1 atom stereocenters. The van der Waals surface area contributed by atoms with Gasteiger partial charge in [0, 0.05) is 23.9 Å². The monoisotopic (exact) mass is 358 g/mol. The third kappa shape index (κ3) is 5.35. The molecule has 1 aromatic rings. The molecule has 1 aliphatic carbocycles. The van der Waals surface area contributed by atoms with Crippen LogP contribution in [-0.2, 0) is 11.3 Å². The molecule has 0 radical (unpaired) electrons. The quantitative estimate of drug-likeness (QED) is 0.614. The zero-order valence-electron chi connectivity index (χ0n) is 15.2. The maximum absolute atomic E-state index is 12.3. The van der Waals surface area contributed by atoms with Gasteiger partial charge < -0.3 is 5.32 Å². The second-order valence-electron chi connectivity index (χ2n) is 7.26. The average Bonchev–Trinajstić information content (AvgIpc) is 2.68. The predicted octanol–water partition coefficient (Wildman–Crippen LogP) is 4.09. The van der Waals surface area contributed by atoms with Crippen LogP contribution >= 0.6 is 11.8 Å². The molecule has 1 saturated heterocycles. The summed E-state index contributed by atoms with van der Waals surface area (Å²) in [4.78, 5) is 16.2. The van der Waals surface area contributed by atoms with Gasteiger partial charge in [-0.25, -0.2) is 0 Å². The number of allylic oxidation sites excluding steroid dienone is 2. The SMILES string of the molecule is CSc1ccccc1CN1CCC(CNC(=O)C2CC=CCC2)CC1. The van der Waals surface area contributed by atoms with Crippen LogP contribution in [0, 0.1) is 11.8 Å². The van der Waals surface area contributed by atoms with Gasteiger partial charge in [-0.3, -0.25) is 9.69 Å². The van der Waals surface area contributed by atoms with E-state index >= 15 is 0 Å². The Morgan fingerprint density at radius 3 is 2.72 bits per heavy atom. The molecule has 1 aliphatic heterocycles. The molecule has 136 valence electrons. The van der Waals surface area contributed by atoms with Gasteiger partial charge in [0.05, 0.1) is 0 Å². The largest absolute Gasteiger partial charge is 0.356 e. The Labute approximate surface area is 156 Å². The first kappa shape index (κ1) is 18.5. The molecule has 3 rings (SSSR count). The van der Waals surface area contributed by atoms with E-state index in [4.69, 9.17) is 0 Å². The lowest BCUT2D eigenvalue weighted by molar-refractivity contribution is -0.125. The first-order valence-corrected chi connectivity index (χ1v) is 10.8. The van der Waals surface area contributed by atoms with Crippen LogP contribution in [0.4, 0.5) is 0 Å². The molecule has 1 fully saturated rings. The number of nitrogens with one attached hydrogen (secondary N) is 1. The molecule has 1 N–H and O–H groups in total. The number of carbonyl (C=O) groups is 1. The zero-order chi connectivity index (χ0) is 17.5. The average molecular weight is 359 g/mol. The molecule has 0 aromatic heterocycles. The number of hydrogen-bond donors (Lipinski definition) is 1. The fourth-order valence-corrected chi connectivity index (χ4v) is 4.45. The molecular formula is C21H30N2OS. The number of thioether (sulfide) groups is 1. The Balaban J connectivity index is 1.40. The zero-order valence-corrected chi connectivity index (χ0v) is 16.1. The smallest absolute Gasteiger partial charge is 0.223 e. The van der Waals surface area contributed by atoms with Crippen molar-refractivity contribution in [3.8, 4) is 0 Å². The third-order valence-corrected chi connectivity index (χ3v) is 6.34. The van der Waals surface area contributed by atoms with E-state index in [1.807, 2.05) is 11.8 Å². The summed E-state index contributed by atoms with van der Waals surface area (Å²) in [6.45, 7) is 4.17. The lowest BCUT2D eigenvalue weighted by atomic mass is 9.92. The van der Waals surface area contributed by atoms with Crippen molar-refractivity contribution in [2.24, 2.45) is 11.8 Å². The third-order valence-electron chi connectivity index (χ3n) is 5.50. The van der Waals surface area contributed by atoms with Crippen LogP contribution in [0.1, 0.15) is 37.7 Å². The lowest BCUT2D eigenvalue weighted by Crippen LogP contribution is -2.40. The summed E-state index contributed by atoms with van der Waals surface area (Å²) in [5.74, 6) is 1.10. The Morgan fingerprint density at radius 2 is 2.00 bits per heavy atom. The van der Waals surface area contributed by atoms with Crippen LogP contribution in [0.3, 0.4) is 0 Å². The number of rotatable bonds is 6. The van der Waals surface area contributed by atoms with E-state index in [0.29, 0.717) is 5.92 Å². The number of hydrogen-bond acceptors (Lipinski definition) is 3.